The minimum absolute atomic E-state index is 0.108. The van der Waals surface area contributed by atoms with Crippen molar-refractivity contribution in [1.82, 2.24) is 24.6 Å². The minimum atomic E-state index is -0.108. The minimum Gasteiger partial charge on any atom is -0.355 e. The molecule has 2 heterocycles. The van der Waals surface area contributed by atoms with Crippen molar-refractivity contribution in [1.29, 1.82) is 0 Å². The fourth-order valence-corrected chi connectivity index (χ4v) is 3.40. The Morgan fingerprint density at radius 2 is 1.89 bits per heavy atom. The van der Waals surface area contributed by atoms with Crippen LogP contribution in [0.15, 0.2) is 23.4 Å². The standard InChI is InChI=1S/C18H24N8OS/c1-5-19-15-22-16(20-6-2)26-17(23-15)24-25-18(26)28-10-14(27)21-13-8-7-11(3)9-12(13)4/h7-9H,5-6,10H2,1-4H3,(H,21,27)(H2,19,20,22,23,24). The number of aromatic nitrogens is 5. The van der Waals surface area contributed by atoms with Crippen LogP contribution >= 0.6 is 11.8 Å². The predicted octanol–water partition coefficient (Wildman–Crippen LogP) is 2.73. The molecule has 10 heteroatoms. The number of aryl methyl sites for hydroxylation is 2. The largest absolute Gasteiger partial charge is 0.355 e. The van der Waals surface area contributed by atoms with Crippen LogP contribution in [0.3, 0.4) is 0 Å². The van der Waals surface area contributed by atoms with Gasteiger partial charge in [-0.2, -0.15) is 9.97 Å². The summed E-state index contributed by atoms with van der Waals surface area (Å²) in [5.74, 6) is 1.60. The van der Waals surface area contributed by atoms with Crippen LogP contribution < -0.4 is 16.0 Å². The van der Waals surface area contributed by atoms with E-state index in [2.05, 4.69) is 36.1 Å². The summed E-state index contributed by atoms with van der Waals surface area (Å²) in [7, 11) is 0. The van der Waals surface area contributed by atoms with Gasteiger partial charge in [0.1, 0.15) is 0 Å². The fourth-order valence-electron chi connectivity index (χ4n) is 2.67. The molecule has 3 rings (SSSR count). The molecule has 0 saturated carbocycles. The quantitative estimate of drug-likeness (QED) is 0.495. The number of hydrogen-bond acceptors (Lipinski definition) is 8. The van der Waals surface area contributed by atoms with E-state index >= 15 is 0 Å². The lowest BCUT2D eigenvalue weighted by atomic mass is 10.1. The molecular weight excluding hydrogens is 376 g/mol. The molecule has 3 N–H and O–H groups in total. The second kappa shape index (κ2) is 8.87. The Balaban J connectivity index is 1.75. The van der Waals surface area contributed by atoms with Gasteiger partial charge in [-0.3, -0.25) is 4.79 Å². The number of anilines is 3. The highest BCUT2D eigenvalue weighted by molar-refractivity contribution is 7.99. The van der Waals surface area contributed by atoms with Crippen LogP contribution in [0.4, 0.5) is 17.6 Å². The van der Waals surface area contributed by atoms with Crippen molar-refractivity contribution in [3.8, 4) is 0 Å². The number of carbonyl (C=O) groups excluding carboxylic acids is 1. The van der Waals surface area contributed by atoms with Crippen molar-refractivity contribution in [2.75, 3.05) is 34.8 Å². The SMILES string of the molecule is CCNc1nc(NCC)n2c(SCC(=O)Nc3ccc(C)cc3C)nnc2n1. The van der Waals surface area contributed by atoms with Gasteiger partial charge in [-0.25, -0.2) is 4.40 Å². The first-order valence-corrected chi connectivity index (χ1v) is 10.1. The van der Waals surface area contributed by atoms with Crippen LogP contribution in [0, 0.1) is 13.8 Å². The van der Waals surface area contributed by atoms with Crippen molar-refractivity contribution >= 4 is 41.0 Å². The first-order valence-electron chi connectivity index (χ1n) is 9.12. The maximum Gasteiger partial charge on any atom is 0.261 e. The van der Waals surface area contributed by atoms with Crippen LogP contribution in [-0.4, -0.2) is 49.3 Å². The van der Waals surface area contributed by atoms with Crippen LogP contribution in [0.25, 0.3) is 5.78 Å². The maximum atomic E-state index is 12.4. The molecule has 2 aromatic heterocycles. The van der Waals surface area contributed by atoms with E-state index in [1.54, 1.807) is 4.40 Å². The van der Waals surface area contributed by atoms with Gasteiger partial charge >= 0.3 is 0 Å². The Kier molecular flexibility index (Phi) is 6.30. The highest BCUT2D eigenvalue weighted by Gasteiger charge is 2.16. The summed E-state index contributed by atoms with van der Waals surface area (Å²) in [6.07, 6.45) is 0. The molecule has 0 aliphatic carbocycles. The van der Waals surface area contributed by atoms with E-state index in [-0.39, 0.29) is 11.7 Å². The van der Waals surface area contributed by atoms with E-state index in [9.17, 15) is 4.79 Å². The number of nitrogens with one attached hydrogen (secondary N) is 3. The van der Waals surface area contributed by atoms with Crippen molar-refractivity contribution in [2.45, 2.75) is 32.9 Å². The van der Waals surface area contributed by atoms with Gasteiger partial charge in [0.2, 0.25) is 17.8 Å². The zero-order valence-corrected chi connectivity index (χ0v) is 17.2. The fraction of sp³-hybridized carbons (Fsp3) is 0.389. The molecule has 1 aromatic carbocycles. The van der Waals surface area contributed by atoms with Gasteiger partial charge in [-0.15, -0.1) is 10.2 Å². The summed E-state index contributed by atoms with van der Waals surface area (Å²) in [4.78, 5) is 21.2. The molecule has 0 aliphatic rings. The Labute approximate surface area is 167 Å². The Hall–Kier alpha value is -2.88. The molecule has 0 atom stereocenters. The molecule has 0 bridgehead atoms. The van der Waals surface area contributed by atoms with Gasteiger partial charge in [0.15, 0.2) is 5.16 Å². The average molecular weight is 401 g/mol. The van der Waals surface area contributed by atoms with Crippen LogP contribution in [0.2, 0.25) is 0 Å². The Bertz CT molecular complexity index is 987. The summed E-state index contributed by atoms with van der Waals surface area (Å²) in [6.45, 7) is 9.35. The first kappa shape index (κ1) is 19.9. The molecule has 0 spiro atoms. The number of amides is 1. The van der Waals surface area contributed by atoms with E-state index in [1.165, 1.54) is 11.8 Å². The van der Waals surface area contributed by atoms with Crippen LogP contribution in [-0.2, 0) is 4.79 Å². The number of nitrogens with zero attached hydrogens (tertiary/aromatic N) is 5. The topological polar surface area (TPSA) is 109 Å². The van der Waals surface area contributed by atoms with E-state index in [0.29, 0.717) is 35.9 Å². The zero-order chi connectivity index (χ0) is 20.1. The van der Waals surface area contributed by atoms with E-state index in [0.717, 1.165) is 16.8 Å². The molecule has 0 fully saturated rings. The summed E-state index contributed by atoms with van der Waals surface area (Å²) < 4.78 is 1.72. The molecule has 0 unspecified atom stereocenters. The molecule has 0 radical (unpaired) electrons. The smallest absolute Gasteiger partial charge is 0.261 e. The van der Waals surface area contributed by atoms with Gasteiger partial charge in [0, 0.05) is 18.8 Å². The zero-order valence-electron chi connectivity index (χ0n) is 16.4. The lowest BCUT2D eigenvalue weighted by molar-refractivity contribution is -0.113. The molecule has 3 aromatic rings. The van der Waals surface area contributed by atoms with E-state index < -0.39 is 0 Å². The maximum absolute atomic E-state index is 12.4. The normalized spacial score (nSPS) is 10.9. The first-order chi connectivity index (χ1) is 13.5. The van der Waals surface area contributed by atoms with E-state index in [4.69, 9.17) is 0 Å². The summed E-state index contributed by atoms with van der Waals surface area (Å²) in [5, 5.41) is 18.1. The van der Waals surface area contributed by atoms with Crippen LogP contribution in [0.5, 0.6) is 0 Å². The molecule has 1 amide bonds. The second-order valence-corrected chi connectivity index (χ2v) is 7.15. The van der Waals surface area contributed by atoms with Gasteiger partial charge in [0.05, 0.1) is 5.75 Å². The number of benzene rings is 1. The summed E-state index contributed by atoms with van der Waals surface area (Å²) in [5.41, 5.74) is 3.01. The van der Waals surface area contributed by atoms with Gasteiger partial charge < -0.3 is 16.0 Å². The highest BCUT2D eigenvalue weighted by atomic mass is 32.2. The lowest BCUT2D eigenvalue weighted by Gasteiger charge is -2.10. The van der Waals surface area contributed by atoms with Crippen molar-refractivity contribution in [2.24, 2.45) is 0 Å². The average Bonchev–Trinajstić information content (AvgIpc) is 3.06. The monoisotopic (exact) mass is 400 g/mol. The van der Waals surface area contributed by atoms with Gasteiger partial charge in [-0.1, -0.05) is 29.5 Å². The number of thioether (sulfide) groups is 1. The molecular formula is C18H24N8OS. The van der Waals surface area contributed by atoms with Crippen molar-refractivity contribution in [3.63, 3.8) is 0 Å². The number of rotatable bonds is 8. The molecule has 9 nitrogen and oxygen atoms in total. The predicted molar refractivity (Wildman–Crippen MR) is 112 cm³/mol. The Morgan fingerprint density at radius 3 is 2.61 bits per heavy atom. The molecule has 0 saturated heterocycles. The van der Waals surface area contributed by atoms with Gasteiger partial charge in [-0.05, 0) is 39.3 Å². The van der Waals surface area contributed by atoms with Crippen molar-refractivity contribution < 1.29 is 4.79 Å². The Morgan fingerprint density at radius 1 is 1.11 bits per heavy atom. The van der Waals surface area contributed by atoms with Crippen LogP contribution in [0.1, 0.15) is 25.0 Å². The number of fused-ring (bicyclic) bond motifs is 1. The molecule has 148 valence electrons. The molecule has 28 heavy (non-hydrogen) atoms. The third-order valence-corrected chi connectivity index (χ3v) is 4.83. The van der Waals surface area contributed by atoms with Gasteiger partial charge in [0.25, 0.3) is 5.78 Å². The number of carbonyl (C=O) groups is 1. The summed E-state index contributed by atoms with van der Waals surface area (Å²) >= 11 is 1.29. The highest BCUT2D eigenvalue weighted by Crippen LogP contribution is 2.22. The summed E-state index contributed by atoms with van der Waals surface area (Å²) in [6, 6.07) is 5.93. The lowest BCUT2D eigenvalue weighted by Crippen LogP contribution is -2.15. The van der Waals surface area contributed by atoms with E-state index in [1.807, 2.05) is 45.9 Å². The van der Waals surface area contributed by atoms with Crippen molar-refractivity contribution in [3.05, 3.63) is 29.3 Å². The third kappa shape index (κ3) is 4.50. The third-order valence-electron chi connectivity index (χ3n) is 3.90. The number of hydrogen-bond donors (Lipinski definition) is 3. The second-order valence-electron chi connectivity index (χ2n) is 6.20. The molecule has 0 aliphatic heterocycles.